The van der Waals surface area contributed by atoms with Crippen molar-refractivity contribution < 1.29 is 0 Å². The van der Waals surface area contributed by atoms with Crippen molar-refractivity contribution in [1.82, 2.24) is 5.32 Å². The zero-order chi connectivity index (χ0) is 9.97. The SMILES string of the molecule is CC(C)CC(CNC1CC1)C1CCC1. The van der Waals surface area contributed by atoms with Crippen molar-refractivity contribution in [3.8, 4) is 0 Å². The number of hydrogen-bond acceptors (Lipinski definition) is 1. The topological polar surface area (TPSA) is 12.0 Å². The predicted octanol–water partition coefficient (Wildman–Crippen LogP) is 3.20. The Kier molecular flexibility index (Phi) is 3.48. The highest BCUT2D eigenvalue weighted by Gasteiger charge is 2.29. The summed E-state index contributed by atoms with van der Waals surface area (Å²) in [4.78, 5) is 0. The van der Waals surface area contributed by atoms with E-state index in [2.05, 4.69) is 19.2 Å². The van der Waals surface area contributed by atoms with Gasteiger partial charge in [-0.3, -0.25) is 0 Å². The molecule has 0 amide bonds. The third-order valence-electron chi connectivity index (χ3n) is 3.84. The zero-order valence-electron chi connectivity index (χ0n) is 9.76. The van der Waals surface area contributed by atoms with Gasteiger partial charge in [-0.15, -0.1) is 0 Å². The van der Waals surface area contributed by atoms with Gasteiger partial charge in [0.2, 0.25) is 0 Å². The van der Waals surface area contributed by atoms with E-state index in [0.717, 1.165) is 23.8 Å². The summed E-state index contributed by atoms with van der Waals surface area (Å²) in [6.45, 7) is 6.03. The Labute approximate surface area is 88.7 Å². The molecule has 2 fully saturated rings. The van der Waals surface area contributed by atoms with E-state index in [9.17, 15) is 0 Å². The van der Waals surface area contributed by atoms with Gasteiger partial charge in [-0.2, -0.15) is 0 Å². The molecular weight excluding hydrogens is 170 g/mol. The Balaban J connectivity index is 1.71. The summed E-state index contributed by atoms with van der Waals surface area (Å²) < 4.78 is 0. The van der Waals surface area contributed by atoms with Gasteiger partial charge in [-0.05, 0) is 43.6 Å². The third kappa shape index (κ3) is 2.98. The summed E-state index contributed by atoms with van der Waals surface area (Å²) in [5, 5.41) is 3.71. The molecule has 2 saturated carbocycles. The van der Waals surface area contributed by atoms with E-state index >= 15 is 0 Å². The molecule has 2 aliphatic carbocycles. The fourth-order valence-corrected chi connectivity index (χ4v) is 2.56. The van der Waals surface area contributed by atoms with Crippen LogP contribution in [0.3, 0.4) is 0 Å². The number of hydrogen-bond donors (Lipinski definition) is 1. The van der Waals surface area contributed by atoms with Crippen molar-refractivity contribution in [2.45, 2.75) is 58.4 Å². The molecule has 0 bridgehead atoms. The van der Waals surface area contributed by atoms with Crippen LogP contribution in [-0.2, 0) is 0 Å². The molecule has 0 aromatic carbocycles. The molecule has 14 heavy (non-hydrogen) atoms. The fourth-order valence-electron chi connectivity index (χ4n) is 2.56. The first kappa shape index (κ1) is 10.5. The van der Waals surface area contributed by atoms with Crippen LogP contribution in [0, 0.1) is 17.8 Å². The molecule has 1 heteroatoms. The molecular formula is C13H25N. The van der Waals surface area contributed by atoms with Crippen LogP contribution in [0.2, 0.25) is 0 Å². The highest BCUT2D eigenvalue weighted by atomic mass is 14.9. The Morgan fingerprint density at radius 2 is 1.86 bits per heavy atom. The minimum absolute atomic E-state index is 0.876. The normalized spacial score (nSPS) is 25.1. The van der Waals surface area contributed by atoms with E-state index < -0.39 is 0 Å². The highest BCUT2D eigenvalue weighted by Crippen LogP contribution is 2.36. The molecule has 1 unspecified atom stereocenters. The summed E-state index contributed by atoms with van der Waals surface area (Å²) >= 11 is 0. The molecule has 0 saturated heterocycles. The summed E-state index contributed by atoms with van der Waals surface area (Å²) in [7, 11) is 0. The van der Waals surface area contributed by atoms with Gasteiger partial charge in [0.05, 0.1) is 0 Å². The molecule has 2 aliphatic rings. The second-order valence-electron chi connectivity index (χ2n) is 5.76. The first-order valence-corrected chi connectivity index (χ1v) is 6.49. The standard InChI is InChI=1S/C13H25N/c1-10(2)8-12(11-4-3-5-11)9-14-13-6-7-13/h10-14H,3-9H2,1-2H3. The molecule has 1 atom stereocenters. The van der Waals surface area contributed by atoms with Crippen molar-refractivity contribution in [1.29, 1.82) is 0 Å². The van der Waals surface area contributed by atoms with Crippen LogP contribution < -0.4 is 5.32 Å². The van der Waals surface area contributed by atoms with Crippen LogP contribution in [0.25, 0.3) is 0 Å². The minimum atomic E-state index is 0.876. The predicted molar refractivity (Wildman–Crippen MR) is 61.3 cm³/mol. The molecule has 0 heterocycles. The van der Waals surface area contributed by atoms with E-state index in [1.165, 1.54) is 45.1 Å². The summed E-state index contributed by atoms with van der Waals surface area (Å²) in [6.07, 6.45) is 8.79. The highest BCUT2D eigenvalue weighted by molar-refractivity contribution is 4.85. The van der Waals surface area contributed by atoms with E-state index in [1.807, 2.05) is 0 Å². The maximum atomic E-state index is 3.71. The lowest BCUT2D eigenvalue weighted by Crippen LogP contribution is -2.33. The zero-order valence-corrected chi connectivity index (χ0v) is 9.76. The van der Waals surface area contributed by atoms with Crippen molar-refractivity contribution in [2.24, 2.45) is 17.8 Å². The fraction of sp³-hybridized carbons (Fsp3) is 1.00. The Morgan fingerprint density at radius 1 is 1.14 bits per heavy atom. The molecule has 2 rings (SSSR count). The third-order valence-corrected chi connectivity index (χ3v) is 3.84. The smallest absolute Gasteiger partial charge is 0.00683 e. The Bertz CT molecular complexity index is 168. The lowest BCUT2D eigenvalue weighted by Gasteiger charge is -2.35. The average molecular weight is 195 g/mol. The van der Waals surface area contributed by atoms with Gasteiger partial charge < -0.3 is 5.32 Å². The number of nitrogens with one attached hydrogen (secondary N) is 1. The van der Waals surface area contributed by atoms with E-state index in [1.54, 1.807) is 0 Å². The second-order valence-corrected chi connectivity index (χ2v) is 5.76. The molecule has 0 aromatic heterocycles. The van der Waals surface area contributed by atoms with Gasteiger partial charge in [-0.25, -0.2) is 0 Å². The van der Waals surface area contributed by atoms with Gasteiger partial charge in [0.15, 0.2) is 0 Å². The maximum Gasteiger partial charge on any atom is 0.00683 e. The quantitative estimate of drug-likeness (QED) is 0.686. The van der Waals surface area contributed by atoms with Crippen LogP contribution in [0.15, 0.2) is 0 Å². The largest absolute Gasteiger partial charge is 0.314 e. The van der Waals surface area contributed by atoms with E-state index in [4.69, 9.17) is 0 Å². The Morgan fingerprint density at radius 3 is 2.29 bits per heavy atom. The molecule has 82 valence electrons. The molecule has 0 spiro atoms. The van der Waals surface area contributed by atoms with E-state index in [-0.39, 0.29) is 0 Å². The summed E-state index contributed by atoms with van der Waals surface area (Å²) in [5.41, 5.74) is 0. The molecule has 0 radical (unpaired) electrons. The minimum Gasteiger partial charge on any atom is -0.314 e. The monoisotopic (exact) mass is 195 g/mol. The van der Waals surface area contributed by atoms with Crippen molar-refractivity contribution in [2.75, 3.05) is 6.54 Å². The van der Waals surface area contributed by atoms with Crippen LogP contribution >= 0.6 is 0 Å². The molecule has 1 nitrogen and oxygen atoms in total. The van der Waals surface area contributed by atoms with Crippen molar-refractivity contribution in [3.63, 3.8) is 0 Å². The van der Waals surface area contributed by atoms with Crippen LogP contribution in [0.4, 0.5) is 0 Å². The average Bonchev–Trinajstić information content (AvgIpc) is 2.78. The van der Waals surface area contributed by atoms with Gasteiger partial charge >= 0.3 is 0 Å². The van der Waals surface area contributed by atoms with Crippen molar-refractivity contribution >= 4 is 0 Å². The van der Waals surface area contributed by atoms with Gasteiger partial charge in [0.25, 0.3) is 0 Å². The maximum absolute atomic E-state index is 3.71. The van der Waals surface area contributed by atoms with Crippen LogP contribution in [0.5, 0.6) is 0 Å². The molecule has 0 aromatic rings. The van der Waals surface area contributed by atoms with Gasteiger partial charge in [0, 0.05) is 6.04 Å². The first-order valence-electron chi connectivity index (χ1n) is 6.49. The molecule has 0 aliphatic heterocycles. The van der Waals surface area contributed by atoms with Crippen LogP contribution in [-0.4, -0.2) is 12.6 Å². The van der Waals surface area contributed by atoms with Gasteiger partial charge in [0.1, 0.15) is 0 Å². The van der Waals surface area contributed by atoms with Crippen molar-refractivity contribution in [3.05, 3.63) is 0 Å². The summed E-state index contributed by atoms with van der Waals surface area (Å²) in [6, 6.07) is 0.893. The van der Waals surface area contributed by atoms with Gasteiger partial charge in [-0.1, -0.05) is 33.1 Å². The Hall–Kier alpha value is -0.0400. The molecule has 1 N–H and O–H groups in total. The summed E-state index contributed by atoms with van der Waals surface area (Å²) in [5.74, 6) is 2.91. The lowest BCUT2D eigenvalue weighted by molar-refractivity contribution is 0.176. The van der Waals surface area contributed by atoms with E-state index in [0.29, 0.717) is 0 Å². The van der Waals surface area contributed by atoms with Crippen LogP contribution in [0.1, 0.15) is 52.4 Å². The number of rotatable bonds is 6. The second kappa shape index (κ2) is 4.65. The first-order chi connectivity index (χ1) is 6.75. The lowest BCUT2D eigenvalue weighted by atomic mass is 9.73.